The third-order valence-corrected chi connectivity index (χ3v) is 2.08. The Hall–Kier alpha value is -1.21. The average molecular weight is 193 g/mol. The number of nitrogens with zero attached hydrogens (tertiary/aromatic N) is 2. The molecule has 1 heterocycles. The largest absolute Gasteiger partial charge is 0.333 e. The van der Waals surface area contributed by atoms with Gasteiger partial charge in [0.15, 0.2) is 4.77 Å². The first-order valence-corrected chi connectivity index (χ1v) is 4.65. The fourth-order valence-corrected chi connectivity index (χ4v) is 1.46. The molecule has 0 aliphatic heterocycles. The molecule has 1 aromatic rings. The highest BCUT2D eigenvalue weighted by Crippen LogP contribution is 2.10. The molecule has 0 saturated heterocycles. The predicted octanol–water partition coefficient (Wildman–Crippen LogP) is 2.14. The van der Waals surface area contributed by atoms with Crippen LogP contribution in [0.5, 0.6) is 0 Å². The average Bonchev–Trinajstić information content (AvgIpc) is 2.16. The van der Waals surface area contributed by atoms with E-state index in [4.69, 9.17) is 17.5 Å². The van der Waals surface area contributed by atoms with Gasteiger partial charge in [-0.15, -0.1) is 0 Å². The summed E-state index contributed by atoms with van der Waals surface area (Å²) in [6.45, 7) is 3.96. The number of hydrogen-bond donors (Lipinski definition) is 1. The van der Waals surface area contributed by atoms with Crippen molar-refractivity contribution < 1.29 is 0 Å². The molecule has 0 bridgehead atoms. The van der Waals surface area contributed by atoms with Gasteiger partial charge in [0.1, 0.15) is 6.07 Å². The van der Waals surface area contributed by atoms with Crippen LogP contribution < -0.4 is 0 Å². The van der Waals surface area contributed by atoms with Gasteiger partial charge >= 0.3 is 0 Å². The maximum Gasteiger partial charge on any atom is 0.197 e. The van der Waals surface area contributed by atoms with Crippen LogP contribution in [0.15, 0.2) is 0 Å². The first kappa shape index (κ1) is 9.87. The molecule has 0 aromatic carbocycles. The van der Waals surface area contributed by atoms with Crippen molar-refractivity contribution in [2.45, 2.75) is 26.7 Å². The van der Waals surface area contributed by atoms with Gasteiger partial charge in [0, 0.05) is 5.69 Å². The quantitative estimate of drug-likeness (QED) is 0.732. The van der Waals surface area contributed by atoms with E-state index in [0.29, 0.717) is 10.3 Å². The second-order valence-electron chi connectivity index (χ2n) is 2.66. The summed E-state index contributed by atoms with van der Waals surface area (Å²) >= 11 is 4.95. The van der Waals surface area contributed by atoms with Crippen molar-refractivity contribution >= 4 is 12.2 Å². The van der Waals surface area contributed by atoms with Crippen LogP contribution in [0.4, 0.5) is 0 Å². The molecule has 1 aromatic heterocycles. The molecule has 0 aliphatic carbocycles. The molecule has 1 N–H and O–H groups in total. The van der Waals surface area contributed by atoms with E-state index in [2.05, 4.69) is 16.0 Å². The van der Waals surface area contributed by atoms with Gasteiger partial charge in [-0.25, -0.2) is 4.98 Å². The van der Waals surface area contributed by atoms with Crippen LogP contribution in [0.1, 0.15) is 30.8 Å². The van der Waals surface area contributed by atoms with E-state index in [1.165, 1.54) is 0 Å². The Morgan fingerprint density at radius 1 is 1.46 bits per heavy atom. The van der Waals surface area contributed by atoms with Gasteiger partial charge in [0.25, 0.3) is 0 Å². The molecule has 0 amide bonds. The maximum atomic E-state index is 8.91. The summed E-state index contributed by atoms with van der Waals surface area (Å²) in [7, 11) is 0. The molecule has 0 saturated carbocycles. The fraction of sp³-hybridized carbons (Fsp3) is 0.444. The van der Waals surface area contributed by atoms with E-state index in [-0.39, 0.29) is 0 Å². The van der Waals surface area contributed by atoms with Gasteiger partial charge in [-0.2, -0.15) is 5.26 Å². The smallest absolute Gasteiger partial charge is 0.197 e. The van der Waals surface area contributed by atoms with E-state index in [9.17, 15) is 0 Å². The van der Waals surface area contributed by atoms with E-state index >= 15 is 0 Å². The number of rotatable bonds is 2. The molecular formula is C9H11N3S. The Kier molecular flexibility index (Phi) is 3.15. The molecule has 68 valence electrons. The zero-order valence-electron chi connectivity index (χ0n) is 7.72. The molecule has 13 heavy (non-hydrogen) atoms. The van der Waals surface area contributed by atoms with Crippen LogP contribution >= 0.6 is 12.2 Å². The van der Waals surface area contributed by atoms with Crippen molar-refractivity contribution in [2.24, 2.45) is 0 Å². The van der Waals surface area contributed by atoms with Crippen LogP contribution in [-0.2, 0) is 12.8 Å². The SMILES string of the molecule is CCc1nc(=S)[nH]c(CC)c1C#N. The van der Waals surface area contributed by atoms with Crippen molar-refractivity contribution in [3.63, 3.8) is 0 Å². The first-order chi connectivity index (χ1) is 6.22. The highest BCUT2D eigenvalue weighted by atomic mass is 32.1. The summed E-state index contributed by atoms with van der Waals surface area (Å²) in [6, 6.07) is 2.15. The molecule has 3 nitrogen and oxygen atoms in total. The molecular weight excluding hydrogens is 182 g/mol. The van der Waals surface area contributed by atoms with Gasteiger partial charge < -0.3 is 4.98 Å². The zero-order valence-corrected chi connectivity index (χ0v) is 8.53. The topological polar surface area (TPSA) is 52.5 Å². The van der Waals surface area contributed by atoms with Gasteiger partial charge in [-0.3, -0.25) is 0 Å². The van der Waals surface area contributed by atoms with Crippen molar-refractivity contribution in [1.82, 2.24) is 9.97 Å². The first-order valence-electron chi connectivity index (χ1n) is 4.25. The Morgan fingerprint density at radius 3 is 2.62 bits per heavy atom. The molecule has 0 radical (unpaired) electrons. The van der Waals surface area contributed by atoms with Crippen LogP contribution in [0, 0.1) is 16.1 Å². The third kappa shape index (κ3) is 1.93. The van der Waals surface area contributed by atoms with Gasteiger partial charge in [-0.05, 0) is 25.1 Å². The second-order valence-corrected chi connectivity index (χ2v) is 3.05. The Bertz CT molecular complexity index is 372. The summed E-state index contributed by atoms with van der Waals surface area (Å²) in [6.07, 6.45) is 1.52. The number of nitriles is 1. The lowest BCUT2D eigenvalue weighted by atomic mass is 10.1. The molecule has 0 fully saturated rings. The summed E-state index contributed by atoms with van der Waals surface area (Å²) in [5, 5.41) is 8.91. The van der Waals surface area contributed by atoms with E-state index in [1.807, 2.05) is 13.8 Å². The van der Waals surface area contributed by atoms with Crippen molar-refractivity contribution in [2.75, 3.05) is 0 Å². The highest BCUT2D eigenvalue weighted by Gasteiger charge is 2.07. The van der Waals surface area contributed by atoms with Crippen molar-refractivity contribution in [1.29, 1.82) is 5.26 Å². The highest BCUT2D eigenvalue weighted by molar-refractivity contribution is 7.71. The standard InChI is InChI=1S/C9H11N3S/c1-3-7-6(5-10)8(4-2)12-9(13)11-7/h3-4H2,1-2H3,(H,11,12,13). The summed E-state index contributed by atoms with van der Waals surface area (Å²) < 4.78 is 0.465. The summed E-state index contributed by atoms with van der Waals surface area (Å²) in [5.41, 5.74) is 2.33. The number of aromatic nitrogens is 2. The Morgan fingerprint density at radius 2 is 2.15 bits per heavy atom. The van der Waals surface area contributed by atoms with Crippen LogP contribution in [0.3, 0.4) is 0 Å². The van der Waals surface area contributed by atoms with Crippen molar-refractivity contribution in [3.05, 3.63) is 21.7 Å². The third-order valence-electron chi connectivity index (χ3n) is 1.88. The minimum Gasteiger partial charge on any atom is -0.333 e. The summed E-state index contributed by atoms with van der Waals surface area (Å²) in [5.74, 6) is 0. The molecule has 0 atom stereocenters. The van der Waals surface area contributed by atoms with Crippen molar-refractivity contribution in [3.8, 4) is 6.07 Å². The molecule has 0 spiro atoms. The van der Waals surface area contributed by atoms with Crippen LogP contribution in [0.2, 0.25) is 0 Å². The molecule has 0 unspecified atom stereocenters. The molecule has 1 rings (SSSR count). The number of aromatic amines is 1. The Labute approximate surface area is 82.4 Å². The monoisotopic (exact) mass is 193 g/mol. The van der Waals surface area contributed by atoms with Gasteiger partial charge in [0.05, 0.1) is 11.3 Å². The van der Waals surface area contributed by atoms with Crippen LogP contribution in [-0.4, -0.2) is 9.97 Å². The minimum atomic E-state index is 0.465. The van der Waals surface area contributed by atoms with E-state index in [1.54, 1.807) is 0 Å². The van der Waals surface area contributed by atoms with Gasteiger partial charge in [-0.1, -0.05) is 13.8 Å². The fourth-order valence-electron chi connectivity index (χ4n) is 1.23. The number of H-pyrrole nitrogens is 1. The lowest BCUT2D eigenvalue weighted by molar-refractivity contribution is 0.910. The predicted molar refractivity (Wildman–Crippen MR) is 52.9 cm³/mol. The normalized spacial score (nSPS) is 9.62. The maximum absolute atomic E-state index is 8.91. The van der Waals surface area contributed by atoms with Gasteiger partial charge in [0.2, 0.25) is 0 Å². The lowest BCUT2D eigenvalue weighted by Crippen LogP contribution is -2.02. The second kappa shape index (κ2) is 4.15. The van der Waals surface area contributed by atoms with Crippen LogP contribution in [0.25, 0.3) is 0 Å². The number of hydrogen-bond acceptors (Lipinski definition) is 3. The molecule has 4 heteroatoms. The van der Waals surface area contributed by atoms with E-state index in [0.717, 1.165) is 24.2 Å². The minimum absolute atomic E-state index is 0.465. The number of aryl methyl sites for hydroxylation is 2. The zero-order chi connectivity index (χ0) is 9.84. The lowest BCUT2D eigenvalue weighted by Gasteiger charge is -2.04. The number of nitrogens with one attached hydrogen (secondary N) is 1. The van der Waals surface area contributed by atoms with E-state index < -0.39 is 0 Å². The molecule has 0 aliphatic rings. The Balaban J connectivity index is 3.45. The summed E-state index contributed by atoms with van der Waals surface area (Å²) in [4.78, 5) is 7.04.